The zero-order chi connectivity index (χ0) is 12.1. The molecule has 1 aromatic heterocycles. The van der Waals surface area contributed by atoms with Gasteiger partial charge in [0, 0.05) is 22.4 Å². The van der Waals surface area contributed by atoms with Crippen LogP contribution in [0.5, 0.6) is 0 Å². The highest BCUT2D eigenvalue weighted by molar-refractivity contribution is 5.29. The molecule has 0 aromatic carbocycles. The first-order valence-corrected chi connectivity index (χ1v) is 6.30. The molecular formula is C14H24N2. The summed E-state index contributed by atoms with van der Waals surface area (Å²) in [5.41, 5.74) is 2.86. The van der Waals surface area contributed by atoms with Gasteiger partial charge in [-0.05, 0) is 12.8 Å². The third kappa shape index (κ3) is 2.16. The highest BCUT2D eigenvalue weighted by Gasteiger charge is 2.33. The quantitative estimate of drug-likeness (QED) is 0.764. The Morgan fingerprint density at radius 2 is 1.56 bits per heavy atom. The van der Waals surface area contributed by atoms with Crippen LogP contribution in [-0.2, 0) is 10.8 Å². The molecule has 1 heterocycles. The Kier molecular flexibility index (Phi) is 2.45. The van der Waals surface area contributed by atoms with Crippen molar-refractivity contribution in [1.82, 2.24) is 9.97 Å². The molecule has 2 nitrogen and oxygen atoms in total. The Morgan fingerprint density at radius 1 is 1.00 bits per heavy atom. The first-order valence-electron chi connectivity index (χ1n) is 6.30. The Morgan fingerprint density at radius 3 is 1.88 bits per heavy atom. The van der Waals surface area contributed by atoms with E-state index in [1.54, 1.807) is 0 Å². The molecule has 90 valence electrons. The van der Waals surface area contributed by atoms with E-state index < -0.39 is 0 Å². The lowest BCUT2D eigenvalue weighted by Crippen LogP contribution is -2.21. The van der Waals surface area contributed by atoms with E-state index in [0.29, 0.717) is 5.92 Å². The molecule has 0 unspecified atom stereocenters. The highest BCUT2D eigenvalue weighted by atomic mass is 15.0. The second kappa shape index (κ2) is 3.35. The second-order valence-corrected chi connectivity index (χ2v) is 7.12. The van der Waals surface area contributed by atoms with Crippen molar-refractivity contribution < 1.29 is 0 Å². The summed E-state index contributed by atoms with van der Waals surface area (Å²) in [6.45, 7) is 13.5. The molecule has 16 heavy (non-hydrogen) atoms. The van der Waals surface area contributed by atoms with Crippen LogP contribution in [0, 0.1) is 0 Å². The van der Waals surface area contributed by atoms with Crippen molar-refractivity contribution in [2.75, 3.05) is 0 Å². The number of aromatic nitrogens is 2. The van der Waals surface area contributed by atoms with E-state index in [1.165, 1.54) is 30.1 Å². The van der Waals surface area contributed by atoms with Gasteiger partial charge in [-0.1, -0.05) is 41.5 Å². The summed E-state index contributed by atoms with van der Waals surface area (Å²) in [7, 11) is 0. The third-order valence-corrected chi connectivity index (χ3v) is 3.15. The number of hydrogen-bond acceptors (Lipinski definition) is 1. The zero-order valence-corrected chi connectivity index (χ0v) is 11.4. The smallest absolute Gasteiger partial charge is 0.109 e. The summed E-state index contributed by atoms with van der Waals surface area (Å²) < 4.78 is 0. The number of imidazole rings is 1. The van der Waals surface area contributed by atoms with Crippen molar-refractivity contribution in [3.63, 3.8) is 0 Å². The van der Waals surface area contributed by atoms with Crippen molar-refractivity contribution in [2.24, 2.45) is 0 Å². The Balaban J connectivity index is 2.48. The van der Waals surface area contributed by atoms with Crippen molar-refractivity contribution in [3.8, 4) is 0 Å². The minimum atomic E-state index is 0.131. The lowest BCUT2D eigenvalue weighted by molar-refractivity contribution is 0.512. The average Bonchev–Trinajstić information content (AvgIpc) is 2.80. The fraction of sp³-hybridized carbons (Fsp3) is 0.786. The number of H-pyrrole nitrogens is 1. The van der Waals surface area contributed by atoms with Gasteiger partial charge < -0.3 is 4.98 Å². The predicted molar refractivity (Wildman–Crippen MR) is 68.0 cm³/mol. The molecule has 0 aliphatic heterocycles. The molecule has 2 rings (SSSR count). The Bertz CT molecular complexity index is 352. The van der Waals surface area contributed by atoms with Gasteiger partial charge in [-0.2, -0.15) is 0 Å². The van der Waals surface area contributed by atoms with Crippen LogP contribution in [0.3, 0.4) is 0 Å². The lowest BCUT2D eigenvalue weighted by atomic mass is 9.82. The van der Waals surface area contributed by atoms with Crippen LogP contribution < -0.4 is 0 Å². The molecule has 0 spiro atoms. The fourth-order valence-corrected chi connectivity index (χ4v) is 2.03. The molecule has 1 aliphatic rings. The van der Waals surface area contributed by atoms with E-state index in [2.05, 4.69) is 46.5 Å². The Labute approximate surface area is 98.9 Å². The lowest BCUT2D eigenvalue weighted by Gasteiger charge is -2.24. The number of rotatable bonds is 1. The van der Waals surface area contributed by atoms with E-state index in [4.69, 9.17) is 4.98 Å². The van der Waals surface area contributed by atoms with E-state index in [1.807, 2.05) is 0 Å². The van der Waals surface area contributed by atoms with Crippen LogP contribution >= 0.6 is 0 Å². The molecule has 0 saturated heterocycles. The normalized spacial score (nSPS) is 17.9. The molecule has 1 fully saturated rings. The minimum absolute atomic E-state index is 0.131. The topological polar surface area (TPSA) is 28.7 Å². The van der Waals surface area contributed by atoms with Gasteiger partial charge in [0.05, 0.1) is 5.69 Å². The SMILES string of the molecule is CC(C)(C)c1nc(C2CC2)[nH]c1C(C)(C)C. The summed E-state index contributed by atoms with van der Waals surface area (Å²) in [5.74, 6) is 1.92. The number of nitrogens with zero attached hydrogens (tertiary/aromatic N) is 1. The largest absolute Gasteiger partial charge is 0.345 e. The minimum Gasteiger partial charge on any atom is -0.345 e. The number of nitrogens with one attached hydrogen (secondary N) is 1. The molecule has 0 radical (unpaired) electrons. The molecule has 1 aliphatic carbocycles. The Hall–Kier alpha value is -0.790. The summed E-state index contributed by atoms with van der Waals surface area (Å²) >= 11 is 0. The summed E-state index contributed by atoms with van der Waals surface area (Å²) in [4.78, 5) is 8.43. The molecule has 1 aromatic rings. The maximum atomic E-state index is 4.85. The van der Waals surface area contributed by atoms with Crippen LogP contribution in [0.1, 0.15) is 77.5 Å². The first-order chi connectivity index (χ1) is 7.19. The maximum Gasteiger partial charge on any atom is 0.109 e. The molecule has 2 heteroatoms. The second-order valence-electron chi connectivity index (χ2n) is 7.12. The van der Waals surface area contributed by atoms with Crippen LogP contribution in [0.15, 0.2) is 0 Å². The van der Waals surface area contributed by atoms with Crippen molar-refractivity contribution in [1.29, 1.82) is 0 Å². The summed E-state index contributed by atoms with van der Waals surface area (Å²) in [5, 5.41) is 0. The van der Waals surface area contributed by atoms with Gasteiger partial charge in [-0.25, -0.2) is 4.98 Å². The maximum absolute atomic E-state index is 4.85. The molecule has 0 atom stereocenters. The first kappa shape index (κ1) is 11.7. The van der Waals surface area contributed by atoms with Crippen molar-refractivity contribution in [2.45, 2.75) is 71.1 Å². The van der Waals surface area contributed by atoms with Crippen molar-refractivity contribution >= 4 is 0 Å². The van der Waals surface area contributed by atoms with Gasteiger partial charge in [-0.3, -0.25) is 0 Å². The van der Waals surface area contributed by atoms with E-state index >= 15 is 0 Å². The van der Waals surface area contributed by atoms with Gasteiger partial charge in [0.1, 0.15) is 5.82 Å². The predicted octanol–water partition coefficient (Wildman–Crippen LogP) is 3.88. The fourth-order valence-electron chi connectivity index (χ4n) is 2.03. The van der Waals surface area contributed by atoms with Gasteiger partial charge in [-0.15, -0.1) is 0 Å². The molecular weight excluding hydrogens is 196 g/mol. The van der Waals surface area contributed by atoms with Crippen LogP contribution in [0.4, 0.5) is 0 Å². The van der Waals surface area contributed by atoms with Gasteiger partial charge in [0.15, 0.2) is 0 Å². The number of aromatic amines is 1. The van der Waals surface area contributed by atoms with Crippen molar-refractivity contribution in [3.05, 3.63) is 17.2 Å². The molecule has 0 bridgehead atoms. The molecule has 1 saturated carbocycles. The summed E-state index contributed by atoms with van der Waals surface area (Å²) in [6, 6.07) is 0. The summed E-state index contributed by atoms with van der Waals surface area (Å²) in [6.07, 6.45) is 2.61. The zero-order valence-electron chi connectivity index (χ0n) is 11.4. The van der Waals surface area contributed by atoms with Gasteiger partial charge >= 0.3 is 0 Å². The van der Waals surface area contributed by atoms with E-state index in [0.717, 1.165) is 0 Å². The molecule has 0 amide bonds. The van der Waals surface area contributed by atoms with Gasteiger partial charge in [0.25, 0.3) is 0 Å². The molecule has 1 N–H and O–H groups in total. The van der Waals surface area contributed by atoms with Crippen LogP contribution in [0.2, 0.25) is 0 Å². The monoisotopic (exact) mass is 220 g/mol. The van der Waals surface area contributed by atoms with E-state index in [-0.39, 0.29) is 10.8 Å². The third-order valence-electron chi connectivity index (χ3n) is 3.15. The number of hydrogen-bond donors (Lipinski definition) is 1. The van der Waals surface area contributed by atoms with E-state index in [9.17, 15) is 0 Å². The standard InChI is InChI=1S/C14H24N2/c1-13(2,3)10-11(14(4,5)6)16-12(15-10)9-7-8-9/h9H,7-8H2,1-6H3,(H,15,16). The van der Waals surface area contributed by atoms with Crippen LogP contribution in [0.25, 0.3) is 0 Å². The highest BCUT2D eigenvalue weighted by Crippen LogP contribution is 2.41. The van der Waals surface area contributed by atoms with Gasteiger partial charge in [0.2, 0.25) is 0 Å². The average molecular weight is 220 g/mol. The van der Waals surface area contributed by atoms with Crippen LogP contribution in [-0.4, -0.2) is 9.97 Å².